The topological polar surface area (TPSA) is 38.5 Å². The molecule has 2 N–H and O–H groups in total. The van der Waals surface area contributed by atoms with Gasteiger partial charge in [-0.05, 0) is 41.0 Å². The van der Waals surface area contributed by atoms with Crippen LogP contribution in [0.1, 0.15) is 41.0 Å². The average molecular weight is 212 g/mol. The molecule has 2 aliphatic heterocycles. The van der Waals surface area contributed by atoms with Gasteiger partial charge in [-0.2, -0.15) is 0 Å². The van der Waals surface area contributed by atoms with Gasteiger partial charge in [-0.15, -0.1) is 0 Å². The van der Waals surface area contributed by atoms with Gasteiger partial charge in [0.25, 0.3) is 0 Å². The molecule has 3 heteroatoms. The molecule has 1 atom stereocenters. The summed E-state index contributed by atoms with van der Waals surface area (Å²) in [6.45, 7) is 12.9. The van der Waals surface area contributed by atoms with E-state index in [1.807, 2.05) is 0 Å². The van der Waals surface area contributed by atoms with E-state index in [0.29, 0.717) is 6.04 Å². The van der Waals surface area contributed by atoms with Gasteiger partial charge in [0.2, 0.25) is 0 Å². The molecule has 3 nitrogen and oxygen atoms in total. The highest BCUT2D eigenvalue weighted by Gasteiger charge is 2.52. The molecule has 2 saturated heterocycles. The Morgan fingerprint density at radius 2 is 1.67 bits per heavy atom. The van der Waals surface area contributed by atoms with Crippen LogP contribution in [-0.4, -0.2) is 40.8 Å². The molecular weight excluding hydrogens is 188 g/mol. The van der Waals surface area contributed by atoms with Gasteiger partial charge >= 0.3 is 0 Å². The molecule has 0 spiro atoms. The van der Waals surface area contributed by atoms with Crippen LogP contribution in [-0.2, 0) is 4.74 Å². The molecule has 15 heavy (non-hydrogen) atoms. The molecule has 2 aliphatic rings. The Labute approximate surface area is 93.0 Å². The Balaban J connectivity index is 2.05. The number of hydrogen-bond donors (Lipinski definition) is 1. The van der Waals surface area contributed by atoms with Crippen molar-refractivity contribution in [1.82, 2.24) is 4.90 Å². The van der Waals surface area contributed by atoms with E-state index >= 15 is 0 Å². The van der Waals surface area contributed by atoms with Crippen LogP contribution in [0.25, 0.3) is 0 Å². The van der Waals surface area contributed by atoms with Gasteiger partial charge in [-0.3, -0.25) is 4.90 Å². The molecule has 0 saturated carbocycles. The molecule has 0 aromatic heterocycles. The van der Waals surface area contributed by atoms with Crippen LogP contribution in [0.4, 0.5) is 0 Å². The molecule has 2 rings (SSSR count). The van der Waals surface area contributed by atoms with Crippen LogP contribution < -0.4 is 5.73 Å². The lowest BCUT2D eigenvalue weighted by Gasteiger charge is -2.51. The summed E-state index contributed by atoms with van der Waals surface area (Å²) in [5.41, 5.74) is 6.04. The van der Waals surface area contributed by atoms with E-state index < -0.39 is 0 Å². The van der Waals surface area contributed by atoms with Gasteiger partial charge in [0.1, 0.15) is 0 Å². The normalized spacial score (nSPS) is 37.6. The lowest BCUT2D eigenvalue weighted by atomic mass is 9.85. The van der Waals surface area contributed by atoms with Crippen molar-refractivity contribution in [3.05, 3.63) is 0 Å². The minimum atomic E-state index is -0.0417. The van der Waals surface area contributed by atoms with Crippen molar-refractivity contribution < 1.29 is 4.74 Å². The minimum absolute atomic E-state index is 0.00869. The van der Waals surface area contributed by atoms with E-state index in [1.54, 1.807) is 0 Å². The summed E-state index contributed by atoms with van der Waals surface area (Å²) in [6, 6.07) is 0.518. The zero-order valence-corrected chi connectivity index (χ0v) is 10.6. The summed E-state index contributed by atoms with van der Waals surface area (Å²) in [4.78, 5) is 2.47. The molecular formula is C12H24N2O. The number of rotatable bonds is 1. The third-order valence-corrected chi connectivity index (χ3v) is 3.60. The molecule has 2 heterocycles. The van der Waals surface area contributed by atoms with E-state index in [0.717, 1.165) is 19.5 Å². The Morgan fingerprint density at radius 3 is 2.00 bits per heavy atom. The van der Waals surface area contributed by atoms with Crippen molar-refractivity contribution in [2.24, 2.45) is 5.73 Å². The van der Waals surface area contributed by atoms with Crippen LogP contribution in [0.3, 0.4) is 0 Å². The maximum atomic E-state index is 6.09. The second-order valence-corrected chi connectivity index (χ2v) is 6.74. The zero-order chi connectivity index (χ0) is 11.5. The summed E-state index contributed by atoms with van der Waals surface area (Å²) in [6.07, 6.45) is 1.11. The minimum Gasteiger partial charge on any atom is -0.368 e. The van der Waals surface area contributed by atoms with Crippen LogP contribution in [0.2, 0.25) is 0 Å². The third-order valence-electron chi connectivity index (χ3n) is 3.60. The maximum Gasteiger partial charge on any atom is 0.0789 e. The molecule has 0 aromatic rings. The van der Waals surface area contributed by atoms with E-state index in [2.05, 4.69) is 39.5 Å². The zero-order valence-electron chi connectivity index (χ0n) is 10.6. The van der Waals surface area contributed by atoms with Crippen molar-refractivity contribution in [1.29, 1.82) is 0 Å². The quantitative estimate of drug-likeness (QED) is 0.713. The lowest BCUT2D eigenvalue weighted by Crippen LogP contribution is -2.69. The van der Waals surface area contributed by atoms with E-state index in [1.165, 1.54) is 0 Å². The highest BCUT2D eigenvalue weighted by atomic mass is 16.5. The summed E-state index contributed by atoms with van der Waals surface area (Å²) in [5.74, 6) is 0. The number of nitrogens with zero attached hydrogens (tertiary/aromatic N) is 1. The van der Waals surface area contributed by atoms with Crippen LogP contribution >= 0.6 is 0 Å². The fourth-order valence-corrected chi connectivity index (χ4v) is 3.20. The predicted octanol–water partition coefficient (Wildman–Crippen LogP) is 1.37. The van der Waals surface area contributed by atoms with E-state index in [-0.39, 0.29) is 16.7 Å². The Morgan fingerprint density at radius 1 is 1.13 bits per heavy atom. The number of hydrogen-bond acceptors (Lipinski definition) is 3. The number of likely N-dealkylation sites (tertiary alicyclic amines) is 1. The van der Waals surface area contributed by atoms with Gasteiger partial charge in [-0.25, -0.2) is 0 Å². The van der Waals surface area contributed by atoms with E-state index in [4.69, 9.17) is 10.5 Å². The highest BCUT2D eigenvalue weighted by Crippen LogP contribution is 2.42. The van der Waals surface area contributed by atoms with Crippen LogP contribution in [0, 0.1) is 0 Å². The van der Waals surface area contributed by atoms with Crippen molar-refractivity contribution >= 4 is 0 Å². The summed E-state index contributed by atoms with van der Waals surface area (Å²) < 4.78 is 6.09. The second kappa shape index (κ2) is 2.96. The van der Waals surface area contributed by atoms with Crippen molar-refractivity contribution in [3.8, 4) is 0 Å². The first kappa shape index (κ1) is 11.4. The summed E-state index contributed by atoms with van der Waals surface area (Å²) in [5, 5.41) is 0. The smallest absolute Gasteiger partial charge is 0.0789 e. The molecule has 88 valence electrons. The second-order valence-electron chi connectivity index (χ2n) is 6.74. The third kappa shape index (κ3) is 2.05. The molecule has 0 amide bonds. The largest absolute Gasteiger partial charge is 0.368 e. The standard InChI is InChI=1S/C12H24N2O/c1-10(2)6-9(11(3,4)15-10)14-7-12(5,13)8-14/h9H,6-8,13H2,1-5H3. The Hall–Kier alpha value is -0.120. The summed E-state index contributed by atoms with van der Waals surface area (Å²) >= 11 is 0. The monoisotopic (exact) mass is 212 g/mol. The first-order chi connectivity index (χ1) is 6.61. The Bertz CT molecular complexity index is 263. The van der Waals surface area contributed by atoms with Crippen molar-refractivity contribution in [2.75, 3.05) is 13.1 Å². The summed E-state index contributed by atoms with van der Waals surface area (Å²) in [7, 11) is 0. The molecule has 0 aromatic carbocycles. The molecule has 2 fully saturated rings. The van der Waals surface area contributed by atoms with Crippen molar-refractivity contribution in [2.45, 2.75) is 63.8 Å². The van der Waals surface area contributed by atoms with Gasteiger partial charge in [0.05, 0.1) is 11.2 Å². The molecule has 0 aliphatic carbocycles. The number of ether oxygens (including phenoxy) is 1. The average Bonchev–Trinajstić information content (AvgIpc) is 2.13. The van der Waals surface area contributed by atoms with Crippen molar-refractivity contribution in [3.63, 3.8) is 0 Å². The SMILES string of the molecule is CC1(N)CN(C2CC(C)(C)OC2(C)C)C1. The van der Waals surface area contributed by atoms with Gasteiger partial charge in [-0.1, -0.05) is 0 Å². The maximum absolute atomic E-state index is 6.09. The fourth-order valence-electron chi connectivity index (χ4n) is 3.20. The first-order valence-electron chi connectivity index (χ1n) is 5.85. The predicted molar refractivity (Wildman–Crippen MR) is 61.8 cm³/mol. The lowest BCUT2D eigenvalue weighted by molar-refractivity contribution is -0.0928. The molecule has 0 bridgehead atoms. The molecule has 1 unspecified atom stereocenters. The Kier molecular flexibility index (Phi) is 2.25. The van der Waals surface area contributed by atoms with Gasteiger partial charge in [0, 0.05) is 24.7 Å². The fraction of sp³-hybridized carbons (Fsp3) is 1.00. The highest BCUT2D eigenvalue weighted by molar-refractivity contribution is 5.07. The number of nitrogens with two attached hydrogens (primary N) is 1. The van der Waals surface area contributed by atoms with E-state index in [9.17, 15) is 0 Å². The first-order valence-corrected chi connectivity index (χ1v) is 5.85. The van der Waals surface area contributed by atoms with Crippen LogP contribution in [0.15, 0.2) is 0 Å². The molecule has 0 radical (unpaired) electrons. The van der Waals surface area contributed by atoms with Gasteiger partial charge < -0.3 is 10.5 Å². The van der Waals surface area contributed by atoms with Crippen LogP contribution in [0.5, 0.6) is 0 Å². The van der Waals surface area contributed by atoms with Gasteiger partial charge in [0.15, 0.2) is 0 Å².